The molecule has 0 aliphatic rings. The molecule has 3 rings (SSSR count). The highest BCUT2D eigenvalue weighted by atomic mass is 15.1. The second kappa shape index (κ2) is 6.04. The lowest BCUT2D eigenvalue weighted by Crippen LogP contribution is -2.09. The Balaban J connectivity index is 2.09. The molecule has 0 radical (unpaired) electrons. The van der Waals surface area contributed by atoms with E-state index in [1.165, 1.54) is 0 Å². The lowest BCUT2D eigenvalue weighted by atomic mass is 10.1. The number of rotatable bonds is 4. The normalized spacial score (nSPS) is 10.0. The smallest absolute Gasteiger partial charge is 0.159 e. The van der Waals surface area contributed by atoms with Crippen LogP contribution >= 0.6 is 0 Å². The minimum Gasteiger partial charge on any atom is -0.310 e. The predicted molar refractivity (Wildman–Crippen MR) is 89.9 cm³/mol. The van der Waals surface area contributed by atoms with Gasteiger partial charge in [0.05, 0.1) is 0 Å². The van der Waals surface area contributed by atoms with Gasteiger partial charge >= 0.3 is 0 Å². The number of para-hydroxylation sites is 2. The Morgan fingerprint density at radius 2 is 1.00 bits per heavy atom. The topological polar surface area (TPSA) is 3.24 Å². The zero-order chi connectivity index (χ0) is 14.5. The van der Waals surface area contributed by atoms with Crippen molar-refractivity contribution in [1.29, 1.82) is 0 Å². The summed E-state index contributed by atoms with van der Waals surface area (Å²) in [5.74, 6) is 0. The van der Waals surface area contributed by atoms with Crippen molar-refractivity contribution in [2.24, 2.45) is 0 Å². The van der Waals surface area contributed by atoms with Gasteiger partial charge < -0.3 is 4.90 Å². The van der Waals surface area contributed by atoms with E-state index in [1.54, 1.807) is 6.08 Å². The highest BCUT2D eigenvalue weighted by Gasteiger charge is 2.11. The molecule has 0 amide bonds. The molecule has 3 aromatic carbocycles. The van der Waals surface area contributed by atoms with Gasteiger partial charge in [-0.3, -0.25) is 0 Å². The molecule has 0 N–H and O–H groups in total. The zero-order valence-electron chi connectivity index (χ0n) is 11.7. The lowest BCUT2D eigenvalue weighted by Gasteiger charge is -2.24. The molecule has 0 saturated heterocycles. The summed E-state index contributed by atoms with van der Waals surface area (Å²) in [6.07, 6.45) is 1.61. The molecular weight excluding hydrogens is 254 g/mol. The number of nitrogens with zero attached hydrogens (tertiary/aromatic N) is 1. The maximum absolute atomic E-state index is 5.56. The van der Waals surface area contributed by atoms with Crippen molar-refractivity contribution in [3.63, 3.8) is 0 Å². The van der Waals surface area contributed by atoms with Crippen LogP contribution < -0.4 is 4.90 Å². The van der Waals surface area contributed by atoms with Gasteiger partial charge in [-0.15, -0.1) is 0 Å². The molecule has 3 aromatic rings. The fourth-order valence-electron chi connectivity index (χ4n) is 2.34. The zero-order valence-corrected chi connectivity index (χ0v) is 11.7. The van der Waals surface area contributed by atoms with Gasteiger partial charge in [-0.25, -0.2) is 0 Å². The Morgan fingerprint density at radius 1 is 0.571 bits per heavy atom. The van der Waals surface area contributed by atoms with E-state index in [9.17, 15) is 0 Å². The van der Waals surface area contributed by atoms with Gasteiger partial charge in [-0.1, -0.05) is 36.4 Å². The molecule has 0 saturated carbocycles. The molecule has 0 spiro atoms. The van der Waals surface area contributed by atoms with E-state index in [2.05, 4.69) is 41.3 Å². The van der Waals surface area contributed by atoms with Crippen molar-refractivity contribution in [3.8, 4) is 0 Å². The summed E-state index contributed by atoms with van der Waals surface area (Å²) in [6.45, 7) is 5.56. The van der Waals surface area contributed by atoms with Crippen LogP contribution in [0.3, 0.4) is 0 Å². The summed E-state index contributed by atoms with van der Waals surface area (Å²) in [7, 11) is 0. The Bertz CT molecular complexity index is 660. The fourth-order valence-corrected chi connectivity index (χ4v) is 2.34. The summed E-state index contributed by atoms with van der Waals surface area (Å²) in [4.78, 5) is 2.22. The fraction of sp³-hybridized carbons (Fsp3) is 0. The Kier molecular flexibility index (Phi) is 3.77. The van der Waals surface area contributed by atoms with Crippen molar-refractivity contribution in [2.75, 3.05) is 4.90 Å². The molecule has 0 atom stereocenters. The highest BCUT2D eigenvalue weighted by Crippen LogP contribution is 2.33. The maximum Gasteiger partial charge on any atom is 0.159 e. The first-order chi connectivity index (χ1) is 10.4. The average Bonchev–Trinajstić information content (AvgIpc) is 2.58. The van der Waals surface area contributed by atoms with Crippen LogP contribution in [0.15, 0.2) is 84.9 Å². The van der Waals surface area contributed by atoms with Gasteiger partial charge in [0.1, 0.15) is 5.56 Å². The van der Waals surface area contributed by atoms with Crippen LogP contribution in [0.5, 0.6) is 0 Å². The van der Waals surface area contributed by atoms with E-state index in [0.29, 0.717) is 0 Å². The van der Waals surface area contributed by atoms with E-state index >= 15 is 0 Å². The van der Waals surface area contributed by atoms with Crippen LogP contribution in [0, 0.1) is 6.58 Å². The Hall–Kier alpha value is -2.89. The minimum atomic E-state index is 1.01. The first-order valence-electron chi connectivity index (χ1n) is 6.94. The van der Waals surface area contributed by atoms with Crippen molar-refractivity contribution >= 4 is 23.1 Å². The van der Waals surface area contributed by atoms with Crippen LogP contribution in [0.25, 0.3) is 6.08 Å². The molecule has 0 aliphatic heterocycles. The summed E-state index contributed by atoms with van der Waals surface area (Å²) in [5, 5.41) is 0. The molecule has 1 heteroatoms. The van der Waals surface area contributed by atoms with Crippen molar-refractivity contribution in [3.05, 3.63) is 97.1 Å². The van der Waals surface area contributed by atoms with Crippen molar-refractivity contribution in [1.82, 2.24) is 0 Å². The predicted octanol–water partition coefficient (Wildman–Crippen LogP) is 5.60. The van der Waals surface area contributed by atoms with E-state index in [1.807, 2.05) is 48.5 Å². The van der Waals surface area contributed by atoms with Crippen LogP contribution in [-0.2, 0) is 0 Å². The molecule has 0 bridgehead atoms. The van der Waals surface area contributed by atoms with Gasteiger partial charge in [0.25, 0.3) is 0 Å². The van der Waals surface area contributed by atoms with Gasteiger partial charge in [0.2, 0.25) is 0 Å². The summed E-state index contributed by atoms with van der Waals surface area (Å²) < 4.78 is 0. The third kappa shape index (κ3) is 2.84. The molecule has 100 valence electrons. The van der Waals surface area contributed by atoms with Gasteiger partial charge in [0, 0.05) is 35.8 Å². The molecule has 1 nitrogen and oxygen atoms in total. The van der Waals surface area contributed by atoms with E-state index in [4.69, 9.17) is 6.58 Å². The third-order valence-electron chi connectivity index (χ3n) is 3.37. The molecule has 0 aromatic heterocycles. The van der Waals surface area contributed by atoms with E-state index in [0.717, 1.165) is 22.6 Å². The summed E-state index contributed by atoms with van der Waals surface area (Å²) in [6, 6.07) is 28.9. The molecule has 21 heavy (non-hydrogen) atoms. The average molecular weight is 270 g/mol. The van der Waals surface area contributed by atoms with E-state index in [-0.39, 0.29) is 0 Å². The largest absolute Gasteiger partial charge is 0.310 e. The second-order valence-corrected chi connectivity index (χ2v) is 4.76. The standard InChI is InChI=1S/C20H16N/c1-2-17-13-15-20(16-14-17)21(18-9-5-3-6-10-18)19-11-7-4-8-12-19/h1-16H/q+1. The number of benzene rings is 3. The quantitative estimate of drug-likeness (QED) is 0.557. The molecule has 0 heterocycles. The first kappa shape index (κ1) is 13.1. The van der Waals surface area contributed by atoms with Gasteiger partial charge in [-0.2, -0.15) is 0 Å². The monoisotopic (exact) mass is 270 g/mol. The molecular formula is C20H16N+. The summed E-state index contributed by atoms with van der Waals surface area (Å²) >= 11 is 0. The minimum absolute atomic E-state index is 1.01. The Labute approximate surface area is 125 Å². The van der Waals surface area contributed by atoms with Gasteiger partial charge in [0.15, 0.2) is 6.08 Å². The lowest BCUT2D eigenvalue weighted by molar-refractivity contribution is 1.28. The van der Waals surface area contributed by atoms with Crippen molar-refractivity contribution < 1.29 is 0 Å². The number of anilines is 3. The second-order valence-electron chi connectivity index (χ2n) is 4.76. The van der Waals surface area contributed by atoms with E-state index < -0.39 is 0 Å². The van der Waals surface area contributed by atoms with Crippen LogP contribution in [0.4, 0.5) is 17.1 Å². The number of hydrogen-bond acceptors (Lipinski definition) is 1. The van der Waals surface area contributed by atoms with Crippen LogP contribution in [-0.4, -0.2) is 0 Å². The first-order valence-corrected chi connectivity index (χ1v) is 6.94. The van der Waals surface area contributed by atoms with Gasteiger partial charge in [-0.05, 0) is 36.4 Å². The molecule has 0 unspecified atom stereocenters. The van der Waals surface area contributed by atoms with Crippen LogP contribution in [0.2, 0.25) is 0 Å². The molecule has 0 aliphatic carbocycles. The number of hydrogen-bond donors (Lipinski definition) is 0. The Morgan fingerprint density at radius 3 is 1.43 bits per heavy atom. The molecule has 0 fully saturated rings. The van der Waals surface area contributed by atoms with Crippen molar-refractivity contribution in [2.45, 2.75) is 0 Å². The SMILES string of the molecule is [CH+]=Cc1ccc(N(c2ccccc2)c2ccccc2)cc1. The summed E-state index contributed by atoms with van der Waals surface area (Å²) in [5.41, 5.74) is 4.39. The highest BCUT2D eigenvalue weighted by molar-refractivity contribution is 5.76. The van der Waals surface area contributed by atoms with Crippen LogP contribution in [0.1, 0.15) is 5.56 Å². The third-order valence-corrected chi connectivity index (χ3v) is 3.37. The maximum atomic E-state index is 5.56.